The molecule has 3 aliphatic rings. The van der Waals surface area contributed by atoms with Gasteiger partial charge in [0, 0.05) is 5.41 Å². The molecule has 0 heteroatoms. The molecule has 0 amide bonds. The van der Waals surface area contributed by atoms with Crippen molar-refractivity contribution in [3.05, 3.63) is 147 Å². The molecule has 3 aromatic rings. The van der Waals surface area contributed by atoms with Gasteiger partial charge in [-0.2, -0.15) is 0 Å². The third-order valence-corrected chi connectivity index (χ3v) is 8.64. The smallest absolute Gasteiger partial charge is 0.0448 e. The summed E-state index contributed by atoms with van der Waals surface area (Å²) in [6, 6.07) is 29.3. The Labute approximate surface area is 228 Å². The highest BCUT2D eigenvalue weighted by Crippen LogP contribution is 2.58. The molecule has 3 aromatic carbocycles. The standard InChI is InChI=1S/C38H38/c1-36(2,3)30-21-22-31-28(23-30)24-32-34(31)33(26-15-9-7-10-16-26)25-38(37(4,5)6,29-19-11-8-12-20-29)35(32)27-17-13-14-18-27/h7-17,19-25H,18H2,1-6H3. The van der Waals surface area contributed by atoms with E-state index in [0.29, 0.717) is 0 Å². The topological polar surface area (TPSA) is 0 Å². The molecule has 0 radical (unpaired) electrons. The number of hydrogen-bond donors (Lipinski definition) is 0. The van der Waals surface area contributed by atoms with Gasteiger partial charge >= 0.3 is 0 Å². The third kappa shape index (κ3) is 3.73. The summed E-state index contributed by atoms with van der Waals surface area (Å²) in [7, 11) is 0. The van der Waals surface area contributed by atoms with Crippen molar-refractivity contribution >= 4 is 17.2 Å². The number of rotatable bonds is 3. The highest BCUT2D eigenvalue weighted by molar-refractivity contribution is 6.13. The van der Waals surface area contributed by atoms with Crippen molar-refractivity contribution in [3.8, 4) is 0 Å². The molecule has 6 rings (SSSR count). The molecule has 1 atom stereocenters. The lowest BCUT2D eigenvalue weighted by molar-refractivity contribution is 0.277. The molecular weight excluding hydrogens is 456 g/mol. The predicted octanol–water partition coefficient (Wildman–Crippen LogP) is 8.19. The zero-order valence-corrected chi connectivity index (χ0v) is 23.6. The molecular formula is C38H38. The molecule has 1 unspecified atom stereocenters. The molecule has 0 N–H and O–H groups in total. The number of fused-ring (bicyclic) bond motifs is 2. The van der Waals surface area contributed by atoms with Crippen molar-refractivity contribution in [2.75, 3.05) is 0 Å². The summed E-state index contributed by atoms with van der Waals surface area (Å²) in [5.41, 5.74) is 10.8. The van der Waals surface area contributed by atoms with Gasteiger partial charge in [0.15, 0.2) is 0 Å². The van der Waals surface area contributed by atoms with Gasteiger partial charge in [-0.25, -0.2) is 0 Å². The zero-order chi connectivity index (χ0) is 26.7. The van der Waals surface area contributed by atoms with Crippen LogP contribution in [-0.2, 0) is 10.8 Å². The Morgan fingerprint density at radius 3 is 2.05 bits per heavy atom. The second kappa shape index (κ2) is 8.70. The van der Waals surface area contributed by atoms with Crippen molar-refractivity contribution in [2.45, 2.75) is 58.8 Å². The molecule has 0 nitrogen and oxygen atoms in total. The van der Waals surface area contributed by atoms with Crippen molar-refractivity contribution in [1.29, 1.82) is 0 Å². The predicted molar refractivity (Wildman–Crippen MR) is 163 cm³/mol. The van der Waals surface area contributed by atoms with Crippen LogP contribution in [0.4, 0.5) is 0 Å². The summed E-state index contributed by atoms with van der Waals surface area (Å²) in [6.45, 7) is 14.1. The van der Waals surface area contributed by atoms with Crippen molar-refractivity contribution in [3.63, 3.8) is 0 Å². The van der Waals surface area contributed by atoms with E-state index in [1.807, 2.05) is 0 Å². The van der Waals surface area contributed by atoms with Crippen LogP contribution in [0.15, 0.2) is 120 Å². The molecule has 0 heterocycles. The fraction of sp³-hybridized carbons (Fsp3) is 0.263. The molecule has 0 saturated carbocycles. The molecule has 0 fully saturated rings. The Bertz CT molecular complexity index is 1660. The average molecular weight is 495 g/mol. The molecule has 0 aromatic heterocycles. The number of hydrogen-bond acceptors (Lipinski definition) is 0. The van der Waals surface area contributed by atoms with E-state index >= 15 is 0 Å². The third-order valence-electron chi connectivity index (χ3n) is 8.64. The number of allylic oxidation sites excluding steroid dienone is 8. The molecule has 0 bridgehead atoms. The van der Waals surface area contributed by atoms with Crippen molar-refractivity contribution in [1.82, 2.24) is 0 Å². The van der Waals surface area contributed by atoms with Crippen LogP contribution < -0.4 is 10.4 Å². The van der Waals surface area contributed by atoms with E-state index < -0.39 is 0 Å². The minimum atomic E-state index is -0.290. The first kappa shape index (κ1) is 24.7. The maximum atomic E-state index is 2.62. The van der Waals surface area contributed by atoms with E-state index in [4.69, 9.17) is 0 Å². The van der Waals surface area contributed by atoms with Crippen LogP contribution in [0.1, 0.15) is 64.7 Å². The van der Waals surface area contributed by atoms with E-state index in [9.17, 15) is 0 Å². The van der Waals surface area contributed by atoms with Gasteiger partial charge in [-0.1, -0.05) is 145 Å². The second-order valence-electron chi connectivity index (χ2n) is 13.0. The lowest BCUT2D eigenvalue weighted by atomic mass is 9.53. The van der Waals surface area contributed by atoms with Gasteiger partial charge in [0.2, 0.25) is 0 Å². The Balaban J connectivity index is 1.80. The van der Waals surface area contributed by atoms with Gasteiger partial charge in [-0.15, -0.1) is 0 Å². The zero-order valence-electron chi connectivity index (χ0n) is 23.6. The summed E-state index contributed by atoms with van der Waals surface area (Å²) in [5, 5.41) is 2.69. The monoisotopic (exact) mass is 494 g/mol. The summed E-state index contributed by atoms with van der Waals surface area (Å²) < 4.78 is 0. The molecule has 190 valence electrons. The van der Waals surface area contributed by atoms with Crippen molar-refractivity contribution < 1.29 is 0 Å². The van der Waals surface area contributed by atoms with Crippen LogP contribution in [0.25, 0.3) is 17.2 Å². The highest BCUT2D eigenvalue weighted by Gasteiger charge is 2.50. The average Bonchev–Trinajstić information content (AvgIpc) is 3.55. The first-order chi connectivity index (χ1) is 18.1. The van der Waals surface area contributed by atoms with Gasteiger partial charge in [0.25, 0.3) is 0 Å². The van der Waals surface area contributed by atoms with E-state index in [1.165, 1.54) is 55.0 Å². The van der Waals surface area contributed by atoms with Crippen LogP contribution in [0, 0.1) is 5.41 Å². The van der Waals surface area contributed by atoms with E-state index in [2.05, 4.69) is 151 Å². The molecule has 0 spiro atoms. The fourth-order valence-corrected chi connectivity index (χ4v) is 6.67. The summed E-state index contributed by atoms with van der Waals surface area (Å²) in [5.74, 6) is 0. The van der Waals surface area contributed by atoms with Crippen LogP contribution in [0.2, 0.25) is 0 Å². The minimum absolute atomic E-state index is 0.0646. The minimum Gasteiger partial charge on any atom is -0.0801 e. The van der Waals surface area contributed by atoms with E-state index in [0.717, 1.165) is 6.42 Å². The van der Waals surface area contributed by atoms with Gasteiger partial charge in [0.05, 0.1) is 0 Å². The second-order valence-corrected chi connectivity index (χ2v) is 13.0. The maximum absolute atomic E-state index is 2.62. The Morgan fingerprint density at radius 2 is 1.45 bits per heavy atom. The Kier molecular flexibility index (Phi) is 5.65. The molecule has 0 aliphatic heterocycles. The van der Waals surface area contributed by atoms with Crippen LogP contribution >= 0.6 is 0 Å². The molecule has 38 heavy (non-hydrogen) atoms. The SMILES string of the molecule is CC(C)(C)c1ccc2c(c1)=CC1=C(C3=CC=CC3)C(c3ccccc3)(C(C)(C)C)C=C(c3ccccc3)C=21. The van der Waals surface area contributed by atoms with Gasteiger partial charge in [-0.05, 0) is 78.3 Å². The fourth-order valence-electron chi connectivity index (χ4n) is 6.67. The van der Waals surface area contributed by atoms with Gasteiger partial charge in [-0.3, -0.25) is 0 Å². The largest absolute Gasteiger partial charge is 0.0801 e. The van der Waals surface area contributed by atoms with E-state index in [1.54, 1.807) is 0 Å². The maximum Gasteiger partial charge on any atom is 0.0448 e. The quantitative estimate of drug-likeness (QED) is 0.344. The van der Waals surface area contributed by atoms with Crippen LogP contribution in [0.3, 0.4) is 0 Å². The number of benzene rings is 3. The van der Waals surface area contributed by atoms with Gasteiger partial charge in [0.1, 0.15) is 0 Å². The molecule has 0 saturated heterocycles. The molecule has 3 aliphatic carbocycles. The first-order valence-electron chi connectivity index (χ1n) is 13.9. The Morgan fingerprint density at radius 1 is 0.763 bits per heavy atom. The van der Waals surface area contributed by atoms with Gasteiger partial charge < -0.3 is 0 Å². The summed E-state index contributed by atoms with van der Waals surface area (Å²) >= 11 is 0. The summed E-state index contributed by atoms with van der Waals surface area (Å²) in [4.78, 5) is 0. The highest BCUT2D eigenvalue weighted by atomic mass is 14.5. The Hall–Kier alpha value is -3.64. The lowest BCUT2D eigenvalue weighted by Crippen LogP contribution is -2.43. The van der Waals surface area contributed by atoms with Crippen molar-refractivity contribution in [2.24, 2.45) is 5.41 Å². The first-order valence-corrected chi connectivity index (χ1v) is 13.9. The summed E-state index contributed by atoms with van der Waals surface area (Å²) in [6.07, 6.45) is 13.0. The van der Waals surface area contributed by atoms with Crippen LogP contribution in [0.5, 0.6) is 0 Å². The van der Waals surface area contributed by atoms with Crippen LogP contribution in [-0.4, -0.2) is 0 Å². The normalized spacial score (nSPS) is 20.6. The lowest BCUT2D eigenvalue weighted by Gasteiger charge is -2.49. The van der Waals surface area contributed by atoms with E-state index in [-0.39, 0.29) is 16.2 Å².